The third-order valence-corrected chi connectivity index (χ3v) is 6.16. The van der Waals surface area contributed by atoms with Crippen LogP contribution in [0.2, 0.25) is 0 Å². The van der Waals surface area contributed by atoms with Gasteiger partial charge in [-0.2, -0.15) is 0 Å². The molecule has 0 heterocycles. The molecule has 0 N–H and O–H groups in total. The Balaban J connectivity index is 2.02. The van der Waals surface area contributed by atoms with Crippen LogP contribution in [0.15, 0.2) is 46.6 Å². The summed E-state index contributed by atoms with van der Waals surface area (Å²) in [5.74, 6) is 0.283. The van der Waals surface area contributed by atoms with E-state index in [-0.39, 0.29) is 22.4 Å². The summed E-state index contributed by atoms with van der Waals surface area (Å²) in [7, 11) is 0. The SMILES string of the molecule is CC12C3=CC(=O)C=C1CCC1=CC(=O)C=C(CC3)C12C. The van der Waals surface area contributed by atoms with Crippen molar-refractivity contribution in [1.82, 2.24) is 0 Å². The Labute approximate surface area is 118 Å². The van der Waals surface area contributed by atoms with Crippen molar-refractivity contribution >= 4 is 11.6 Å². The highest BCUT2D eigenvalue weighted by Crippen LogP contribution is 2.68. The van der Waals surface area contributed by atoms with Crippen molar-refractivity contribution in [3.63, 3.8) is 0 Å². The van der Waals surface area contributed by atoms with Crippen LogP contribution in [0.1, 0.15) is 39.5 Å². The van der Waals surface area contributed by atoms with E-state index >= 15 is 0 Å². The van der Waals surface area contributed by atoms with Crippen molar-refractivity contribution in [1.29, 1.82) is 0 Å². The van der Waals surface area contributed by atoms with Gasteiger partial charge in [-0.25, -0.2) is 0 Å². The van der Waals surface area contributed by atoms with Crippen LogP contribution in [0.3, 0.4) is 0 Å². The summed E-state index contributed by atoms with van der Waals surface area (Å²) in [4.78, 5) is 23.9. The molecule has 2 nitrogen and oxygen atoms in total. The molecular weight excluding hydrogens is 248 g/mol. The fraction of sp³-hybridized carbons (Fsp3) is 0.444. The Morgan fingerprint density at radius 2 is 0.900 bits per heavy atom. The molecule has 0 radical (unpaired) electrons. The van der Waals surface area contributed by atoms with Gasteiger partial charge in [0.15, 0.2) is 11.6 Å². The first kappa shape index (κ1) is 12.1. The van der Waals surface area contributed by atoms with Crippen LogP contribution in [-0.2, 0) is 9.59 Å². The highest BCUT2D eigenvalue weighted by atomic mass is 16.1. The van der Waals surface area contributed by atoms with E-state index < -0.39 is 0 Å². The molecule has 0 spiro atoms. The molecule has 0 atom stereocenters. The fourth-order valence-corrected chi connectivity index (χ4v) is 4.87. The second kappa shape index (κ2) is 3.49. The summed E-state index contributed by atoms with van der Waals surface area (Å²) in [5, 5.41) is 0. The summed E-state index contributed by atoms with van der Waals surface area (Å²) < 4.78 is 0. The molecule has 102 valence electrons. The maximum Gasteiger partial charge on any atom is 0.178 e. The predicted octanol–water partition coefficient (Wildman–Crippen LogP) is 3.46. The van der Waals surface area contributed by atoms with Gasteiger partial charge in [0.25, 0.3) is 0 Å². The smallest absolute Gasteiger partial charge is 0.178 e. The van der Waals surface area contributed by atoms with E-state index in [1.165, 1.54) is 22.3 Å². The van der Waals surface area contributed by atoms with Gasteiger partial charge in [0.2, 0.25) is 0 Å². The van der Waals surface area contributed by atoms with Crippen molar-refractivity contribution in [2.45, 2.75) is 39.5 Å². The second-order valence-corrected chi connectivity index (χ2v) is 6.73. The van der Waals surface area contributed by atoms with Crippen molar-refractivity contribution in [2.24, 2.45) is 10.8 Å². The molecule has 0 unspecified atom stereocenters. The summed E-state index contributed by atoms with van der Waals surface area (Å²) in [6.07, 6.45) is 11.0. The number of carbonyl (C=O) groups excluding carboxylic acids is 2. The van der Waals surface area contributed by atoms with Gasteiger partial charge in [0, 0.05) is 10.8 Å². The Kier molecular flexibility index (Phi) is 2.11. The Morgan fingerprint density at radius 1 is 0.650 bits per heavy atom. The molecule has 0 aliphatic heterocycles. The van der Waals surface area contributed by atoms with E-state index in [1.54, 1.807) is 0 Å². The minimum absolute atomic E-state index is 0.101. The minimum Gasteiger partial charge on any atom is -0.290 e. The number of hydrogen-bond acceptors (Lipinski definition) is 2. The number of carbonyl (C=O) groups is 2. The summed E-state index contributed by atoms with van der Waals surface area (Å²) in [5.41, 5.74) is 4.85. The standard InChI is InChI=1S/C18H18O2/c1-17-11-3-5-13-9-16(20)10-14(18(13,17)2)6-4-12(17)8-15(19)7-11/h7-10H,3-6H2,1-2H3. The summed E-state index contributed by atoms with van der Waals surface area (Å²) in [6.45, 7) is 4.54. The van der Waals surface area contributed by atoms with Gasteiger partial charge in [-0.15, -0.1) is 0 Å². The zero-order chi connectivity index (χ0) is 14.1. The van der Waals surface area contributed by atoms with E-state index in [0.29, 0.717) is 0 Å². The first-order chi connectivity index (χ1) is 9.46. The molecule has 0 saturated heterocycles. The van der Waals surface area contributed by atoms with Gasteiger partial charge >= 0.3 is 0 Å². The average Bonchev–Trinajstić information content (AvgIpc) is 2.38. The number of allylic oxidation sites excluding steroid dienone is 8. The molecule has 20 heavy (non-hydrogen) atoms. The monoisotopic (exact) mass is 266 g/mol. The molecule has 0 bridgehead atoms. The lowest BCUT2D eigenvalue weighted by molar-refractivity contribution is -0.112. The van der Waals surface area contributed by atoms with Crippen molar-refractivity contribution in [3.05, 3.63) is 46.6 Å². The third kappa shape index (κ3) is 1.16. The van der Waals surface area contributed by atoms with Crippen LogP contribution in [0.5, 0.6) is 0 Å². The van der Waals surface area contributed by atoms with E-state index in [9.17, 15) is 9.59 Å². The van der Waals surface area contributed by atoms with Crippen LogP contribution in [0, 0.1) is 10.8 Å². The van der Waals surface area contributed by atoms with Crippen LogP contribution < -0.4 is 0 Å². The highest BCUT2D eigenvalue weighted by molar-refractivity contribution is 6.04. The molecule has 4 aliphatic rings. The maximum absolute atomic E-state index is 11.9. The van der Waals surface area contributed by atoms with Gasteiger partial charge < -0.3 is 0 Å². The number of ketones is 2. The molecule has 4 aliphatic carbocycles. The average molecular weight is 266 g/mol. The van der Waals surface area contributed by atoms with Gasteiger partial charge in [0.1, 0.15) is 0 Å². The normalized spacial score (nSPS) is 38.5. The lowest BCUT2D eigenvalue weighted by atomic mass is 9.43. The molecular formula is C18H18O2. The molecule has 2 fully saturated rings. The Morgan fingerprint density at radius 3 is 1.15 bits per heavy atom. The fourth-order valence-electron chi connectivity index (χ4n) is 4.87. The highest BCUT2D eigenvalue weighted by Gasteiger charge is 2.59. The molecule has 0 aromatic heterocycles. The molecule has 4 rings (SSSR count). The zero-order valence-electron chi connectivity index (χ0n) is 12.0. The van der Waals surface area contributed by atoms with Crippen LogP contribution in [-0.4, -0.2) is 11.6 Å². The Hall–Kier alpha value is -1.70. The van der Waals surface area contributed by atoms with E-state index in [1.807, 2.05) is 24.3 Å². The van der Waals surface area contributed by atoms with Crippen molar-refractivity contribution in [3.8, 4) is 0 Å². The van der Waals surface area contributed by atoms with E-state index in [2.05, 4.69) is 13.8 Å². The number of hydrogen-bond donors (Lipinski definition) is 0. The second-order valence-electron chi connectivity index (χ2n) is 6.73. The van der Waals surface area contributed by atoms with Gasteiger partial charge in [0.05, 0.1) is 0 Å². The summed E-state index contributed by atoms with van der Waals surface area (Å²) >= 11 is 0. The maximum atomic E-state index is 11.9. The topological polar surface area (TPSA) is 34.1 Å². The lowest BCUT2D eigenvalue weighted by Gasteiger charge is -2.60. The third-order valence-electron chi connectivity index (χ3n) is 6.16. The quantitative estimate of drug-likeness (QED) is 0.673. The van der Waals surface area contributed by atoms with Gasteiger partial charge in [-0.1, -0.05) is 36.1 Å². The van der Waals surface area contributed by atoms with Crippen LogP contribution >= 0.6 is 0 Å². The predicted molar refractivity (Wildman–Crippen MR) is 77.0 cm³/mol. The molecule has 2 heteroatoms. The first-order valence-corrected chi connectivity index (χ1v) is 7.38. The van der Waals surface area contributed by atoms with Gasteiger partial charge in [-0.3, -0.25) is 9.59 Å². The van der Waals surface area contributed by atoms with Crippen molar-refractivity contribution in [2.75, 3.05) is 0 Å². The number of rotatable bonds is 0. The lowest BCUT2D eigenvalue weighted by Crippen LogP contribution is -2.51. The minimum atomic E-state index is -0.101. The van der Waals surface area contributed by atoms with E-state index in [4.69, 9.17) is 0 Å². The molecule has 0 aromatic carbocycles. The summed E-state index contributed by atoms with van der Waals surface area (Å²) in [6, 6.07) is 0. The van der Waals surface area contributed by atoms with E-state index in [0.717, 1.165) is 25.7 Å². The molecule has 2 saturated carbocycles. The van der Waals surface area contributed by atoms with Crippen molar-refractivity contribution < 1.29 is 9.59 Å². The largest absolute Gasteiger partial charge is 0.290 e. The molecule has 0 aromatic rings. The van der Waals surface area contributed by atoms with Crippen LogP contribution in [0.4, 0.5) is 0 Å². The van der Waals surface area contributed by atoms with Crippen LogP contribution in [0.25, 0.3) is 0 Å². The first-order valence-electron chi connectivity index (χ1n) is 7.38. The molecule has 0 amide bonds. The Bertz CT molecular complexity index is 574. The van der Waals surface area contributed by atoms with Gasteiger partial charge in [-0.05, 0) is 50.0 Å². The zero-order valence-corrected chi connectivity index (χ0v) is 12.0.